The van der Waals surface area contributed by atoms with Gasteiger partial charge in [0.2, 0.25) is 0 Å². The zero-order chi connectivity index (χ0) is 51.3. The van der Waals surface area contributed by atoms with Crippen molar-refractivity contribution in [1.82, 2.24) is 30.0 Å². The van der Waals surface area contributed by atoms with Crippen molar-refractivity contribution in [1.29, 1.82) is 0 Å². The number of hydrogen-bond acceptors (Lipinski definition) is 20. The standard InChI is InChI=1S/C23H27N5O6S2.C17H15N3O6S2.C5H12N2/c1-26-9-11-27(12-10-26)15-21-22(16-5-4-6-17(13-16)28(29)30)24-23(35-21)25-36(31,32)18-7-8-19(33-2)20(14-18)34-3;1-25-15-7-6-13(9-16(15)26-2)28(23,24)19-17-18-14(10-27-17)11-4-3-5-12(8-11)20(21)22;1-7-4-2-6-3-5-7/h4-8,13-14H,9-12,15H2,1-3H3,(H,24,25);3-10H,1-2H3,(H,18,19);6H,2-5H2,1H3. The highest BCUT2D eigenvalue weighted by molar-refractivity contribution is 7.93. The number of sulfonamides is 2. The molecular weight excluding hydrogens is 1000 g/mol. The van der Waals surface area contributed by atoms with Crippen molar-refractivity contribution in [3.63, 3.8) is 0 Å². The van der Waals surface area contributed by atoms with Crippen molar-refractivity contribution in [3.8, 4) is 45.5 Å². The number of piperazine rings is 2. The third-order valence-corrected chi connectivity index (χ3v) is 15.6. The summed E-state index contributed by atoms with van der Waals surface area (Å²) in [6.07, 6.45) is 0. The summed E-state index contributed by atoms with van der Waals surface area (Å²) < 4.78 is 77.2. The van der Waals surface area contributed by atoms with Crippen molar-refractivity contribution < 1.29 is 45.6 Å². The van der Waals surface area contributed by atoms with Gasteiger partial charge < -0.3 is 34.1 Å². The Morgan fingerprint density at radius 2 is 1.13 bits per heavy atom. The van der Waals surface area contributed by atoms with Gasteiger partial charge in [-0.25, -0.2) is 26.8 Å². The van der Waals surface area contributed by atoms with Gasteiger partial charge in [0.05, 0.1) is 59.5 Å². The van der Waals surface area contributed by atoms with Gasteiger partial charge in [0, 0.05) is 117 Å². The van der Waals surface area contributed by atoms with E-state index in [2.05, 4.69) is 53.5 Å². The number of nitro groups is 2. The monoisotopic (exact) mass is 1050 g/mol. The Morgan fingerprint density at radius 3 is 1.62 bits per heavy atom. The number of nitrogens with zero attached hydrogens (tertiary/aromatic N) is 7. The van der Waals surface area contributed by atoms with E-state index in [9.17, 15) is 37.1 Å². The van der Waals surface area contributed by atoms with Crippen LogP contribution in [0, 0.1) is 20.2 Å². The van der Waals surface area contributed by atoms with Crippen LogP contribution < -0.4 is 33.7 Å². The van der Waals surface area contributed by atoms with E-state index in [1.807, 2.05) is 0 Å². The highest BCUT2D eigenvalue weighted by Crippen LogP contribution is 2.37. The molecule has 0 unspecified atom stereocenters. The normalized spacial score (nSPS) is 14.5. The molecule has 4 aromatic carbocycles. The fourth-order valence-corrected chi connectivity index (χ4v) is 11.3. The zero-order valence-electron chi connectivity index (χ0n) is 39.7. The molecule has 2 fully saturated rings. The quantitative estimate of drug-likeness (QED) is 0.0705. The number of nitro benzene ring substituents is 2. The van der Waals surface area contributed by atoms with Crippen LogP contribution in [0.25, 0.3) is 22.5 Å². The van der Waals surface area contributed by atoms with Gasteiger partial charge in [-0.05, 0) is 38.4 Å². The van der Waals surface area contributed by atoms with E-state index in [4.69, 9.17) is 18.9 Å². The molecule has 0 atom stereocenters. The van der Waals surface area contributed by atoms with Gasteiger partial charge in [-0.15, -0.1) is 11.3 Å². The molecule has 4 heterocycles. The first-order valence-corrected chi connectivity index (χ1v) is 26.3. The van der Waals surface area contributed by atoms with Crippen LogP contribution in [-0.4, -0.2) is 146 Å². The minimum atomic E-state index is -3.98. The van der Waals surface area contributed by atoms with Gasteiger partial charge in [-0.3, -0.25) is 34.6 Å². The maximum atomic E-state index is 13.1. The van der Waals surface area contributed by atoms with Gasteiger partial charge in [-0.1, -0.05) is 35.6 Å². The van der Waals surface area contributed by atoms with E-state index in [1.165, 1.54) is 114 Å². The number of aromatic nitrogens is 2. The summed E-state index contributed by atoms with van der Waals surface area (Å²) in [5.41, 5.74) is 1.89. The van der Waals surface area contributed by atoms with Gasteiger partial charge in [0.25, 0.3) is 31.4 Å². The second-order valence-corrected chi connectivity index (χ2v) is 21.1. The lowest BCUT2D eigenvalue weighted by Crippen LogP contribution is -2.43. The summed E-state index contributed by atoms with van der Waals surface area (Å²) in [7, 11) is 2.09. The van der Waals surface area contributed by atoms with Gasteiger partial charge >= 0.3 is 0 Å². The van der Waals surface area contributed by atoms with E-state index < -0.39 is 29.9 Å². The average molecular weight is 1060 g/mol. The van der Waals surface area contributed by atoms with Crippen LogP contribution in [0.4, 0.5) is 21.6 Å². The number of thiazole rings is 2. The SMILES string of the molecule is CN1CCNCC1.COc1ccc(S(=O)(=O)Nc2nc(-c3cccc([N+](=O)[O-])c3)c(CN3CCN(C)CC3)s2)cc1OC.COc1ccc(S(=O)(=O)Nc2nc(-c3cccc([N+](=O)[O-])c3)cs2)cc1OC. The van der Waals surface area contributed by atoms with Crippen molar-refractivity contribution >= 4 is 64.4 Å². The first kappa shape index (κ1) is 53.8. The molecule has 380 valence electrons. The van der Waals surface area contributed by atoms with Crippen LogP contribution >= 0.6 is 22.7 Å². The number of anilines is 2. The van der Waals surface area contributed by atoms with Crippen molar-refractivity contribution in [2.75, 3.05) is 104 Å². The molecule has 0 amide bonds. The average Bonchev–Trinajstić information content (AvgIpc) is 4.00. The molecule has 8 rings (SSSR count). The molecule has 71 heavy (non-hydrogen) atoms. The van der Waals surface area contributed by atoms with Gasteiger partial charge in [0.1, 0.15) is 0 Å². The number of hydrogen-bond donors (Lipinski definition) is 3. The third kappa shape index (κ3) is 14.5. The highest BCUT2D eigenvalue weighted by Gasteiger charge is 2.25. The lowest BCUT2D eigenvalue weighted by molar-refractivity contribution is -0.385. The van der Waals surface area contributed by atoms with Crippen LogP contribution in [-0.2, 0) is 26.6 Å². The lowest BCUT2D eigenvalue weighted by atomic mass is 10.1. The topological polar surface area (TPSA) is 263 Å². The van der Waals surface area contributed by atoms with Gasteiger partial charge in [0.15, 0.2) is 33.3 Å². The smallest absolute Gasteiger partial charge is 0.270 e. The maximum absolute atomic E-state index is 13.1. The van der Waals surface area contributed by atoms with E-state index >= 15 is 0 Å². The Bertz CT molecular complexity index is 3010. The predicted octanol–water partition coefficient (Wildman–Crippen LogP) is 6.34. The van der Waals surface area contributed by atoms with E-state index in [0.717, 1.165) is 55.5 Å². The van der Waals surface area contributed by atoms with Crippen LogP contribution in [0.15, 0.2) is 100 Å². The van der Waals surface area contributed by atoms with E-state index in [0.29, 0.717) is 40.6 Å². The Labute approximate surface area is 419 Å². The van der Waals surface area contributed by atoms with Crippen LogP contribution in [0.5, 0.6) is 23.0 Å². The summed E-state index contributed by atoms with van der Waals surface area (Å²) in [4.78, 5) is 37.7. The largest absolute Gasteiger partial charge is 0.493 e. The third-order valence-electron chi connectivity index (χ3n) is 11.0. The molecule has 3 N–H and O–H groups in total. The molecule has 22 nitrogen and oxygen atoms in total. The first-order valence-electron chi connectivity index (χ1n) is 21.7. The van der Waals surface area contributed by atoms with Crippen LogP contribution in [0.3, 0.4) is 0 Å². The number of rotatable bonds is 16. The Kier molecular flexibility index (Phi) is 18.6. The van der Waals surface area contributed by atoms with Crippen LogP contribution in [0.1, 0.15) is 4.88 Å². The molecule has 0 saturated carbocycles. The van der Waals surface area contributed by atoms with E-state index in [-0.39, 0.29) is 42.9 Å². The molecule has 0 spiro atoms. The first-order chi connectivity index (χ1) is 33.9. The minimum absolute atomic E-state index is 0.00660. The van der Waals surface area contributed by atoms with E-state index in [1.54, 1.807) is 29.6 Å². The Morgan fingerprint density at radius 1 is 0.634 bits per heavy atom. The van der Waals surface area contributed by atoms with Crippen molar-refractivity contribution in [3.05, 3.63) is 115 Å². The Hall–Kier alpha value is -6.52. The molecule has 0 radical (unpaired) electrons. The number of methoxy groups -OCH3 is 4. The number of nitrogens with one attached hydrogen (secondary N) is 3. The van der Waals surface area contributed by atoms with Crippen LogP contribution in [0.2, 0.25) is 0 Å². The van der Waals surface area contributed by atoms with Crippen molar-refractivity contribution in [2.45, 2.75) is 16.3 Å². The zero-order valence-corrected chi connectivity index (χ0v) is 43.0. The molecule has 2 aromatic heterocycles. The molecule has 26 heteroatoms. The second-order valence-electron chi connectivity index (χ2n) is 15.8. The number of benzene rings is 4. The molecule has 0 aliphatic carbocycles. The number of likely N-dealkylation sites (N-methyl/N-ethyl adjacent to an activating group) is 2. The molecule has 2 saturated heterocycles. The fourth-order valence-electron chi connectivity index (χ4n) is 7.03. The highest BCUT2D eigenvalue weighted by atomic mass is 32.2. The fraction of sp³-hybridized carbons (Fsp3) is 0.333. The van der Waals surface area contributed by atoms with Gasteiger partial charge in [-0.2, -0.15) is 0 Å². The number of ether oxygens (including phenoxy) is 4. The summed E-state index contributed by atoms with van der Waals surface area (Å²) >= 11 is 2.29. The predicted molar refractivity (Wildman–Crippen MR) is 272 cm³/mol. The molecule has 6 aromatic rings. The summed E-state index contributed by atoms with van der Waals surface area (Å²) in [6.45, 7) is 8.85. The molecule has 2 aliphatic rings. The Balaban J connectivity index is 0.000000209. The lowest BCUT2D eigenvalue weighted by Gasteiger charge is -2.32. The summed E-state index contributed by atoms with van der Waals surface area (Å²) in [6, 6.07) is 20.7. The number of non-ortho nitro benzene ring substituents is 2. The van der Waals surface area contributed by atoms with Crippen molar-refractivity contribution in [2.24, 2.45) is 0 Å². The maximum Gasteiger partial charge on any atom is 0.270 e. The second kappa shape index (κ2) is 24.5. The molecular formula is C45H54N10O12S4. The molecule has 2 aliphatic heterocycles. The summed E-state index contributed by atoms with van der Waals surface area (Å²) in [5.74, 6) is 1.38. The minimum Gasteiger partial charge on any atom is -0.493 e. The molecule has 0 bridgehead atoms. The summed E-state index contributed by atoms with van der Waals surface area (Å²) in [5, 5.41) is 27.4.